The van der Waals surface area contributed by atoms with E-state index in [1.54, 1.807) is 27.4 Å². The summed E-state index contributed by atoms with van der Waals surface area (Å²) in [7, 11) is 7.00. The molecule has 8 heteroatoms. The minimum atomic E-state index is 0.0758. The zero-order chi connectivity index (χ0) is 30.8. The second kappa shape index (κ2) is 12.7. The Morgan fingerprint density at radius 2 is 1.39 bits per heavy atom. The summed E-state index contributed by atoms with van der Waals surface area (Å²) in [5.41, 5.74) is 7.00. The van der Waals surface area contributed by atoms with Crippen LogP contribution in [0.5, 0.6) is 40.2 Å². The fourth-order valence-electron chi connectivity index (χ4n) is 6.47. The Morgan fingerprint density at radius 3 is 2.14 bits per heavy atom. The molecule has 44 heavy (non-hydrogen) atoms. The van der Waals surface area contributed by atoms with Crippen molar-refractivity contribution in [1.82, 2.24) is 10.2 Å². The minimum Gasteiger partial charge on any atom is -0.504 e. The highest BCUT2D eigenvalue weighted by Crippen LogP contribution is 2.40. The van der Waals surface area contributed by atoms with Crippen LogP contribution in [0.25, 0.3) is 0 Å². The van der Waals surface area contributed by atoms with E-state index in [2.05, 4.69) is 41.5 Å². The van der Waals surface area contributed by atoms with E-state index in [-0.39, 0.29) is 23.6 Å². The summed E-state index contributed by atoms with van der Waals surface area (Å²) in [5.74, 6) is 3.30. The van der Waals surface area contributed by atoms with Gasteiger partial charge in [0.15, 0.2) is 34.5 Å². The lowest BCUT2D eigenvalue weighted by Crippen LogP contribution is -2.33. The molecule has 3 N–H and O–H groups in total. The summed E-state index contributed by atoms with van der Waals surface area (Å²) in [4.78, 5) is 2.30. The molecule has 0 saturated carbocycles. The third-order valence-electron chi connectivity index (χ3n) is 8.92. The second-order valence-electron chi connectivity index (χ2n) is 11.6. The lowest BCUT2D eigenvalue weighted by Gasteiger charge is -2.35. The van der Waals surface area contributed by atoms with Gasteiger partial charge in [-0.2, -0.15) is 0 Å². The number of phenols is 2. The normalized spacial score (nSPS) is 17.8. The Bertz CT molecular complexity index is 1640. The maximum Gasteiger partial charge on any atom is 0.169 e. The molecule has 6 rings (SSSR count). The summed E-state index contributed by atoms with van der Waals surface area (Å²) in [6, 6.07) is 21.7. The first-order chi connectivity index (χ1) is 21.4. The first kappa shape index (κ1) is 29.7. The Labute approximate surface area is 258 Å². The van der Waals surface area contributed by atoms with Crippen molar-refractivity contribution < 1.29 is 29.2 Å². The molecule has 230 valence electrons. The van der Waals surface area contributed by atoms with Crippen LogP contribution in [0.15, 0.2) is 66.7 Å². The predicted molar refractivity (Wildman–Crippen MR) is 170 cm³/mol. The quantitative estimate of drug-likeness (QED) is 0.213. The highest BCUT2D eigenvalue weighted by atomic mass is 16.5. The fourth-order valence-corrected chi connectivity index (χ4v) is 6.47. The van der Waals surface area contributed by atoms with Crippen LogP contribution >= 0.6 is 0 Å². The number of hydrogen-bond donors (Lipinski definition) is 3. The molecule has 2 aliphatic heterocycles. The predicted octanol–water partition coefficient (Wildman–Crippen LogP) is 6.12. The number of likely N-dealkylation sites (N-methyl/N-ethyl adjacent to an activating group) is 1. The molecule has 0 bridgehead atoms. The molecular weight excluding hydrogens is 556 g/mol. The lowest BCUT2D eigenvalue weighted by atomic mass is 9.88. The van der Waals surface area contributed by atoms with Gasteiger partial charge in [0.05, 0.1) is 21.3 Å². The molecule has 0 aromatic heterocycles. The van der Waals surface area contributed by atoms with Crippen LogP contribution in [0.4, 0.5) is 0 Å². The molecule has 2 heterocycles. The largest absolute Gasteiger partial charge is 0.504 e. The van der Waals surface area contributed by atoms with Gasteiger partial charge in [0, 0.05) is 18.6 Å². The van der Waals surface area contributed by atoms with Crippen LogP contribution < -0.4 is 24.3 Å². The van der Waals surface area contributed by atoms with Gasteiger partial charge in [0.2, 0.25) is 0 Å². The number of aromatic hydroxyl groups is 2. The molecule has 2 unspecified atom stereocenters. The second-order valence-corrected chi connectivity index (χ2v) is 11.6. The van der Waals surface area contributed by atoms with Crippen molar-refractivity contribution in [2.75, 3.05) is 41.5 Å². The fraction of sp³-hybridized carbons (Fsp3) is 0.333. The van der Waals surface area contributed by atoms with Crippen LogP contribution in [-0.4, -0.2) is 56.6 Å². The number of nitrogens with zero attached hydrogens (tertiary/aromatic N) is 1. The van der Waals surface area contributed by atoms with Gasteiger partial charge in [-0.1, -0.05) is 18.2 Å². The number of methoxy groups -OCH3 is 3. The van der Waals surface area contributed by atoms with Gasteiger partial charge in [-0.3, -0.25) is 4.90 Å². The standard InChI is InChI=1S/C36H40N2O6/c1-38-14-12-25-18-33(41-2)32(40)20-28(25)30(38)16-23-7-10-31(39)34(17-23)44-26-8-5-22(6-9-26)15-29-27-21-36(43-4)35(42-3)19-24(27)11-13-37-29/h5-10,17-21,29-30,37,39-40H,11-16H2,1-4H3. The zero-order valence-corrected chi connectivity index (χ0v) is 25.7. The number of hydrogen-bond acceptors (Lipinski definition) is 8. The van der Waals surface area contributed by atoms with E-state index in [9.17, 15) is 10.2 Å². The SMILES string of the molecule is COc1cc2c(cc1O)C(Cc1ccc(O)c(Oc3ccc(CC4NCCc5cc(OC)c(OC)cc54)cc3)c1)N(C)CC2. The van der Waals surface area contributed by atoms with Gasteiger partial charge in [0.25, 0.3) is 0 Å². The van der Waals surface area contributed by atoms with Crippen molar-refractivity contribution in [2.45, 2.75) is 37.8 Å². The van der Waals surface area contributed by atoms with Gasteiger partial charge in [-0.15, -0.1) is 0 Å². The summed E-state index contributed by atoms with van der Waals surface area (Å²) in [6.45, 7) is 1.81. The molecule has 4 aromatic carbocycles. The van der Waals surface area contributed by atoms with Gasteiger partial charge >= 0.3 is 0 Å². The smallest absolute Gasteiger partial charge is 0.169 e. The van der Waals surface area contributed by atoms with Crippen molar-refractivity contribution in [3.8, 4) is 40.2 Å². The van der Waals surface area contributed by atoms with E-state index in [1.165, 1.54) is 22.3 Å². The topological polar surface area (TPSA) is 92.7 Å². The Kier molecular flexibility index (Phi) is 8.55. The summed E-state index contributed by atoms with van der Waals surface area (Å²) in [6.07, 6.45) is 3.37. The molecular formula is C36H40N2O6. The summed E-state index contributed by atoms with van der Waals surface area (Å²) >= 11 is 0. The van der Waals surface area contributed by atoms with Crippen LogP contribution in [-0.2, 0) is 25.7 Å². The molecule has 8 nitrogen and oxygen atoms in total. The number of rotatable bonds is 9. The Morgan fingerprint density at radius 1 is 0.705 bits per heavy atom. The number of ether oxygens (including phenoxy) is 4. The molecule has 0 fully saturated rings. The van der Waals surface area contributed by atoms with Gasteiger partial charge < -0.3 is 34.5 Å². The van der Waals surface area contributed by atoms with Crippen molar-refractivity contribution in [2.24, 2.45) is 0 Å². The van der Waals surface area contributed by atoms with E-state index in [0.717, 1.165) is 55.0 Å². The third-order valence-corrected chi connectivity index (χ3v) is 8.92. The molecule has 0 radical (unpaired) electrons. The number of phenolic OH excluding ortho intramolecular Hbond substituents is 2. The average Bonchev–Trinajstić information content (AvgIpc) is 3.04. The number of benzene rings is 4. The maximum absolute atomic E-state index is 10.6. The van der Waals surface area contributed by atoms with E-state index in [1.807, 2.05) is 36.4 Å². The average molecular weight is 597 g/mol. The van der Waals surface area contributed by atoms with Crippen LogP contribution in [0.2, 0.25) is 0 Å². The van der Waals surface area contributed by atoms with E-state index < -0.39 is 0 Å². The summed E-state index contributed by atoms with van der Waals surface area (Å²) in [5, 5.41) is 24.8. The molecule has 2 atom stereocenters. The Balaban J connectivity index is 1.16. The highest BCUT2D eigenvalue weighted by molar-refractivity contribution is 5.51. The molecule has 2 aliphatic rings. The molecule has 0 aliphatic carbocycles. The van der Waals surface area contributed by atoms with Gasteiger partial charge in [-0.05, 0) is 121 Å². The molecule has 0 amide bonds. The Hall–Kier alpha value is -4.40. The van der Waals surface area contributed by atoms with Crippen molar-refractivity contribution >= 4 is 0 Å². The number of fused-ring (bicyclic) bond motifs is 2. The van der Waals surface area contributed by atoms with Crippen LogP contribution in [0.3, 0.4) is 0 Å². The first-order valence-corrected chi connectivity index (χ1v) is 15.0. The first-order valence-electron chi connectivity index (χ1n) is 15.0. The van der Waals surface area contributed by atoms with E-state index >= 15 is 0 Å². The molecule has 0 spiro atoms. The zero-order valence-electron chi connectivity index (χ0n) is 25.7. The molecule has 4 aromatic rings. The van der Waals surface area contributed by atoms with Gasteiger partial charge in [0.1, 0.15) is 5.75 Å². The summed E-state index contributed by atoms with van der Waals surface area (Å²) < 4.78 is 22.6. The number of nitrogens with one attached hydrogen (secondary N) is 1. The van der Waals surface area contributed by atoms with E-state index in [0.29, 0.717) is 23.7 Å². The monoisotopic (exact) mass is 596 g/mol. The molecule has 0 saturated heterocycles. The van der Waals surface area contributed by atoms with E-state index in [4.69, 9.17) is 18.9 Å². The van der Waals surface area contributed by atoms with Crippen molar-refractivity contribution in [3.63, 3.8) is 0 Å². The lowest BCUT2D eigenvalue weighted by molar-refractivity contribution is 0.228. The minimum absolute atomic E-state index is 0.0758. The third kappa shape index (κ3) is 6.00. The van der Waals surface area contributed by atoms with Crippen molar-refractivity contribution in [3.05, 3.63) is 100 Å². The van der Waals surface area contributed by atoms with Crippen LogP contribution in [0, 0.1) is 0 Å². The van der Waals surface area contributed by atoms with Crippen LogP contribution in [0.1, 0.15) is 45.5 Å². The highest BCUT2D eigenvalue weighted by Gasteiger charge is 2.27. The maximum atomic E-state index is 10.6. The van der Waals surface area contributed by atoms with Gasteiger partial charge in [-0.25, -0.2) is 0 Å². The van der Waals surface area contributed by atoms with Crippen molar-refractivity contribution in [1.29, 1.82) is 0 Å².